The van der Waals surface area contributed by atoms with E-state index >= 15 is 0 Å². The topological polar surface area (TPSA) is 55.7 Å². The molecule has 1 aromatic heterocycles. The lowest BCUT2D eigenvalue weighted by Gasteiger charge is -2.11. The number of ether oxygens (including phenoxy) is 2. The summed E-state index contributed by atoms with van der Waals surface area (Å²) in [6.45, 7) is 2.54. The fourth-order valence-corrected chi connectivity index (χ4v) is 3.63. The van der Waals surface area contributed by atoms with Gasteiger partial charge in [0.25, 0.3) is 0 Å². The van der Waals surface area contributed by atoms with Crippen LogP contribution in [-0.4, -0.2) is 18.3 Å². The molecule has 6 heteroatoms. The molecule has 0 aliphatic heterocycles. The van der Waals surface area contributed by atoms with Crippen molar-refractivity contribution < 1.29 is 9.47 Å². The molecular weight excluding hydrogens is 406 g/mol. The predicted molar refractivity (Wildman–Crippen MR) is 127 cm³/mol. The summed E-state index contributed by atoms with van der Waals surface area (Å²) in [7, 11) is 1.64. The Morgan fingerprint density at radius 2 is 1.81 bits per heavy atom. The molecule has 5 nitrogen and oxygen atoms in total. The maximum absolute atomic E-state index is 5.99. The molecule has 4 aromatic rings. The summed E-state index contributed by atoms with van der Waals surface area (Å²) in [5.74, 6) is 1.36. The lowest BCUT2D eigenvalue weighted by Crippen LogP contribution is -1.99. The lowest BCUT2D eigenvalue weighted by atomic mass is 10.1. The fourth-order valence-electron chi connectivity index (χ4n) is 2.96. The van der Waals surface area contributed by atoms with Gasteiger partial charge in [0.2, 0.25) is 5.13 Å². The smallest absolute Gasteiger partial charge is 0.203 e. The van der Waals surface area contributed by atoms with Gasteiger partial charge in [0.15, 0.2) is 11.5 Å². The van der Waals surface area contributed by atoms with Crippen LogP contribution < -0.4 is 14.9 Å². The Morgan fingerprint density at radius 3 is 2.58 bits per heavy atom. The molecule has 0 bridgehead atoms. The molecule has 156 valence electrons. The lowest BCUT2D eigenvalue weighted by molar-refractivity contribution is 0.284. The van der Waals surface area contributed by atoms with Crippen molar-refractivity contribution in [2.45, 2.75) is 13.5 Å². The monoisotopic (exact) mass is 429 g/mol. The van der Waals surface area contributed by atoms with E-state index < -0.39 is 0 Å². The van der Waals surface area contributed by atoms with Crippen LogP contribution >= 0.6 is 11.3 Å². The zero-order valence-corrected chi connectivity index (χ0v) is 18.2. The van der Waals surface area contributed by atoms with E-state index in [-0.39, 0.29) is 0 Å². The molecule has 0 saturated carbocycles. The number of aromatic nitrogens is 1. The van der Waals surface area contributed by atoms with Crippen LogP contribution in [0.2, 0.25) is 0 Å². The number of anilines is 1. The van der Waals surface area contributed by atoms with Gasteiger partial charge in [-0.2, -0.15) is 5.10 Å². The molecule has 0 aliphatic carbocycles. The van der Waals surface area contributed by atoms with Gasteiger partial charge in [-0.05, 0) is 36.2 Å². The Hall–Kier alpha value is -3.64. The van der Waals surface area contributed by atoms with Gasteiger partial charge in [-0.25, -0.2) is 4.98 Å². The molecule has 0 saturated heterocycles. The molecular formula is C25H23N3O2S. The number of nitrogens with zero attached hydrogens (tertiary/aromatic N) is 2. The van der Waals surface area contributed by atoms with Gasteiger partial charge in [0, 0.05) is 10.9 Å². The maximum atomic E-state index is 5.99. The second kappa shape index (κ2) is 9.91. The maximum Gasteiger partial charge on any atom is 0.203 e. The number of benzene rings is 3. The van der Waals surface area contributed by atoms with Gasteiger partial charge >= 0.3 is 0 Å². The van der Waals surface area contributed by atoms with Gasteiger partial charge in [-0.15, -0.1) is 11.3 Å². The third-order valence-corrected chi connectivity index (χ3v) is 5.40. The third-order valence-electron chi connectivity index (χ3n) is 4.65. The van der Waals surface area contributed by atoms with Crippen LogP contribution in [-0.2, 0) is 6.61 Å². The number of thiazole rings is 1. The van der Waals surface area contributed by atoms with E-state index in [1.807, 2.05) is 53.9 Å². The molecule has 0 aliphatic rings. The van der Waals surface area contributed by atoms with Crippen LogP contribution in [0, 0.1) is 6.92 Å². The molecule has 0 amide bonds. The quantitative estimate of drug-likeness (QED) is 0.269. The minimum Gasteiger partial charge on any atom is -0.493 e. The minimum absolute atomic E-state index is 0.469. The number of hydrogen-bond donors (Lipinski definition) is 1. The van der Waals surface area contributed by atoms with E-state index in [1.54, 1.807) is 13.3 Å². The van der Waals surface area contributed by atoms with Crippen molar-refractivity contribution in [1.29, 1.82) is 0 Å². The molecule has 0 fully saturated rings. The van der Waals surface area contributed by atoms with Crippen molar-refractivity contribution in [3.63, 3.8) is 0 Å². The number of rotatable bonds is 8. The summed E-state index contributed by atoms with van der Waals surface area (Å²) in [6, 6.07) is 24.1. The number of methoxy groups -OCH3 is 1. The molecule has 31 heavy (non-hydrogen) atoms. The summed E-state index contributed by atoms with van der Waals surface area (Å²) in [6.07, 6.45) is 1.74. The van der Waals surface area contributed by atoms with E-state index in [9.17, 15) is 0 Å². The predicted octanol–water partition coefficient (Wildman–Crippen LogP) is 6.15. The summed E-state index contributed by atoms with van der Waals surface area (Å²) in [4.78, 5) is 4.57. The van der Waals surface area contributed by atoms with Crippen LogP contribution in [0.25, 0.3) is 11.3 Å². The van der Waals surface area contributed by atoms with E-state index in [2.05, 4.69) is 46.7 Å². The van der Waals surface area contributed by atoms with Crippen molar-refractivity contribution in [2.75, 3.05) is 12.5 Å². The van der Waals surface area contributed by atoms with E-state index in [1.165, 1.54) is 16.9 Å². The number of nitrogens with one attached hydrogen (secondary N) is 1. The van der Waals surface area contributed by atoms with E-state index in [0.717, 1.165) is 27.5 Å². The molecule has 0 radical (unpaired) electrons. The Morgan fingerprint density at radius 1 is 1.00 bits per heavy atom. The first-order chi connectivity index (χ1) is 15.2. The van der Waals surface area contributed by atoms with E-state index in [0.29, 0.717) is 18.1 Å². The van der Waals surface area contributed by atoms with Crippen molar-refractivity contribution in [2.24, 2.45) is 5.10 Å². The summed E-state index contributed by atoms with van der Waals surface area (Å²) in [5.41, 5.74) is 8.24. The number of aryl methyl sites for hydroxylation is 1. The van der Waals surface area contributed by atoms with Crippen LogP contribution in [0.1, 0.15) is 16.7 Å². The Kier molecular flexibility index (Phi) is 6.59. The highest BCUT2D eigenvalue weighted by atomic mass is 32.1. The Labute approximate surface area is 186 Å². The van der Waals surface area contributed by atoms with Crippen molar-refractivity contribution in [1.82, 2.24) is 4.98 Å². The first-order valence-electron chi connectivity index (χ1n) is 9.88. The standard InChI is InChI=1S/C25H23N3O2S/c1-18-8-10-19(11-9-18)16-30-24-14-20(12-13-23(24)29-2)15-26-28-25-27-22(17-31-25)21-6-4-3-5-7-21/h3-15,17H,16H2,1-2H3,(H,27,28). The van der Waals surface area contributed by atoms with Gasteiger partial charge in [0.05, 0.1) is 19.0 Å². The average molecular weight is 430 g/mol. The zero-order valence-electron chi connectivity index (χ0n) is 17.4. The molecule has 1 heterocycles. The normalized spacial score (nSPS) is 10.9. The Bertz CT molecular complexity index is 1160. The van der Waals surface area contributed by atoms with Crippen molar-refractivity contribution in [3.05, 3.63) is 94.9 Å². The highest BCUT2D eigenvalue weighted by Crippen LogP contribution is 2.29. The average Bonchev–Trinajstić information content (AvgIpc) is 3.28. The van der Waals surface area contributed by atoms with Gasteiger partial charge in [-0.3, -0.25) is 5.43 Å². The summed E-state index contributed by atoms with van der Waals surface area (Å²) < 4.78 is 11.4. The first-order valence-corrected chi connectivity index (χ1v) is 10.8. The Balaban J connectivity index is 1.41. The van der Waals surface area contributed by atoms with Gasteiger partial charge in [0.1, 0.15) is 6.61 Å². The summed E-state index contributed by atoms with van der Waals surface area (Å²) >= 11 is 1.51. The highest BCUT2D eigenvalue weighted by molar-refractivity contribution is 7.14. The van der Waals surface area contributed by atoms with Crippen LogP contribution in [0.5, 0.6) is 11.5 Å². The third kappa shape index (κ3) is 5.49. The fraction of sp³-hybridized carbons (Fsp3) is 0.120. The van der Waals surface area contributed by atoms with Crippen LogP contribution in [0.4, 0.5) is 5.13 Å². The second-order valence-corrected chi connectivity index (χ2v) is 7.82. The second-order valence-electron chi connectivity index (χ2n) is 6.96. The molecule has 4 rings (SSSR count). The van der Waals surface area contributed by atoms with Gasteiger partial charge in [-0.1, -0.05) is 60.2 Å². The zero-order chi connectivity index (χ0) is 21.5. The van der Waals surface area contributed by atoms with Gasteiger partial charge < -0.3 is 9.47 Å². The highest BCUT2D eigenvalue weighted by Gasteiger charge is 2.06. The SMILES string of the molecule is COc1ccc(C=NNc2nc(-c3ccccc3)cs2)cc1OCc1ccc(C)cc1. The van der Waals surface area contributed by atoms with Crippen molar-refractivity contribution in [3.8, 4) is 22.8 Å². The minimum atomic E-state index is 0.469. The first kappa shape index (κ1) is 20.6. The van der Waals surface area contributed by atoms with Crippen LogP contribution in [0.15, 0.2) is 83.3 Å². The van der Waals surface area contributed by atoms with E-state index in [4.69, 9.17) is 9.47 Å². The number of hydrazone groups is 1. The summed E-state index contributed by atoms with van der Waals surface area (Å²) in [5, 5.41) is 7.07. The van der Waals surface area contributed by atoms with Crippen LogP contribution in [0.3, 0.4) is 0 Å². The molecule has 1 N–H and O–H groups in total. The molecule has 0 unspecified atom stereocenters. The largest absolute Gasteiger partial charge is 0.493 e. The molecule has 0 spiro atoms. The molecule has 3 aromatic carbocycles. The van der Waals surface area contributed by atoms with Crippen molar-refractivity contribution >= 4 is 22.7 Å². The number of hydrogen-bond acceptors (Lipinski definition) is 6. The molecule has 0 atom stereocenters.